The Hall–Kier alpha value is -0.860. The first-order valence-corrected chi connectivity index (χ1v) is 3.26. The fourth-order valence-corrected chi connectivity index (χ4v) is 0.743. The minimum Gasteiger partial charge on any atom is -0.326 e. The van der Waals surface area contributed by atoms with E-state index in [9.17, 15) is 0 Å². The first-order chi connectivity index (χ1) is 4.86. The average Bonchev–Trinajstić information content (AvgIpc) is 2.05. The molecule has 0 fully saturated rings. The molecule has 1 aromatic carbocycles. The van der Waals surface area contributed by atoms with Crippen LogP contribution in [0.3, 0.4) is 0 Å². The van der Waals surface area contributed by atoms with Crippen LogP contribution in [0.1, 0.15) is 11.1 Å². The van der Waals surface area contributed by atoms with Gasteiger partial charge in [0.2, 0.25) is 0 Å². The second-order valence-electron chi connectivity index (χ2n) is 2.13. The number of rotatable bonds is 2. The molecule has 0 aromatic heterocycles. The molecule has 0 aliphatic heterocycles. The molecule has 2 nitrogen and oxygen atoms in total. The lowest BCUT2D eigenvalue weighted by Crippen LogP contribution is -1.99. The molecule has 0 saturated heterocycles. The number of hydrogen-bond acceptors (Lipinski definition) is 2. The van der Waals surface area contributed by atoms with Gasteiger partial charge in [-0.2, -0.15) is 0 Å². The van der Waals surface area contributed by atoms with Gasteiger partial charge in [0.1, 0.15) is 0 Å². The third kappa shape index (κ3) is 1.56. The van der Waals surface area contributed by atoms with Crippen molar-refractivity contribution in [3.05, 3.63) is 35.4 Å². The lowest BCUT2D eigenvalue weighted by atomic mass is 10.1. The number of hydrogen-bond donors (Lipinski definition) is 2. The largest absolute Gasteiger partial charge is 0.326 e. The van der Waals surface area contributed by atoms with Crippen molar-refractivity contribution in [1.29, 1.82) is 0 Å². The van der Waals surface area contributed by atoms with Crippen molar-refractivity contribution in [2.24, 2.45) is 11.5 Å². The summed E-state index contributed by atoms with van der Waals surface area (Å²) in [5.74, 6) is 0. The summed E-state index contributed by atoms with van der Waals surface area (Å²) in [7, 11) is 0. The lowest BCUT2D eigenvalue weighted by molar-refractivity contribution is 1.04. The van der Waals surface area contributed by atoms with E-state index >= 15 is 0 Å². The second-order valence-corrected chi connectivity index (χ2v) is 2.13. The van der Waals surface area contributed by atoms with Crippen LogP contribution >= 0.6 is 0 Å². The molecule has 0 unspecified atom stereocenters. The molecule has 1 radical (unpaired) electrons. The van der Waals surface area contributed by atoms with Crippen molar-refractivity contribution in [3.63, 3.8) is 0 Å². The lowest BCUT2D eigenvalue weighted by Gasteiger charge is -1.96. The van der Waals surface area contributed by atoms with Gasteiger partial charge in [-0.15, -0.1) is 0 Å². The average molecular weight is 135 g/mol. The van der Waals surface area contributed by atoms with Crippen molar-refractivity contribution in [3.8, 4) is 0 Å². The van der Waals surface area contributed by atoms with Gasteiger partial charge < -0.3 is 11.5 Å². The van der Waals surface area contributed by atoms with Gasteiger partial charge in [-0.1, -0.05) is 12.1 Å². The van der Waals surface area contributed by atoms with E-state index in [-0.39, 0.29) is 0 Å². The maximum absolute atomic E-state index is 5.39. The molecule has 0 aliphatic rings. The maximum atomic E-state index is 5.39. The summed E-state index contributed by atoms with van der Waals surface area (Å²) in [6, 6.07) is 8.83. The van der Waals surface area contributed by atoms with Crippen molar-refractivity contribution in [1.82, 2.24) is 0 Å². The minimum absolute atomic E-state index is 0.546. The summed E-state index contributed by atoms with van der Waals surface area (Å²) in [5, 5.41) is 0. The Kier molecular flexibility index (Phi) is 2.42. The Labute approximate surface area is 60.8 Å². The molecule has 10 heavy (non-hydrogen) atoms. The first-order valence-electron chi connectivity index (χ1n) is 3.26. The highest BCUT2D eigenvalue weighted by atomic mass is 14.5. The highest BCUT2D eigenvalue weighted by Crippen LogP contribution is 2.00. The zero-order chi connectivity index (χ0) is 7.40. The van der Waals surface area contributed by atoms with Gasteiger partial charge in [0.05, 0.1) is 0 Å². The molecule has 1 rings (SSSR count). The molecule has 0 saturated carbocycles. The van der Waals surface area contributed by atoms with E-state index in [4.69, 9.17) is 11.5 Å². The molecule has 4 N–H and O–H groups in total. The molecule has 1 aromatic rings. The summed E-state index contributed by atoms with van der Waals surface area (Å²) < 4.78 is 0. The Bertz CT molecular complexity index is 168. The molecule has 0 amide bonds. The highest BCUT2D eigenvalue weighted by molar-refractivity contribution is 5.20. The summed E-state index contributed by atoms with van der Waals surface area (Å²) in [4.78, 5) is 0. The Morgan fingerprint density at radius 1 is 1.20 bits per heavy atom. The zero-order valence-corrected chi connectivity index (χ0v) is 5.80. The van der Waals surface area contributed by atoms with E-state index in [2.05, 4.69) is 6.07 Å². The van der Waals surface area contributed by atoms with Crippen LogP contribution in [0.25, 0.3) is 0 Å². The molecular formula is C8H11N2. The second kappa shape index (κ2) is 3.34. The third-order valence-electron chi connectivity index (χ3n) is 1.40. The van der Waals surface area contributed by atoms with Gasteiger partial charge in [-0.05, 0) is 23.3 Å². The van der Waals surface area contributed by atoms with E-state index in [0.717, 1.165) is 11.1 Å². The Morgan fingerprint density at radius 3 is 2.40 bits per heavy atom. The van der Waals surface area contributed by atoms with Gasteiger partial charge in [0.15, 0.2) is 0 Å². The van der Waals surface area contributed by atoms with Crippen LogP contribution in [-0.2, 0) is 13.1 Å². The molecule has 2 heteroatoms. The van der Waals surface area contributed by atoms with Gasteiger partial charge >= 0.3 is 0 Å². The van der Waals surface area contributed by atoms with Crippen LogP contribution in [0.5, 0.6) is 0 Å². The quantitative estimate of drug-likeness (QED) is 0.617. The molecule has 0 spiro atoms. The minimum atomic E-state index is 0.546. The molecule has 0 bridgehead atoms. The van der Waals surface area contributed by atoms with Gasteiger partial charge in [-0.25, -0.2) is 0 Å². The number of nitrogens with two attached hydrogens (primary N) is 2. The van der Waals surface area contributed by atoms with Crippen LogP contribution < -0.4 is 11.5 Å². The summed E-state index contributed by atoms with van der Waals surface area (Å²) in [6.45, 7) is 1.12. The maximum Gasteiger partial charge on any atom is 0.0184 e. The van der Waals surface area contributed by atoms with Gasteiger partial charge in [0, 0.05) is 13.1 Å². The van der Waals surface area contributed by atoms with Crippen molar-refractivity contribution in [2.45, 2.75) is 13.1 Å². The smallest absolute Gasteiger partial charge is 0.0184 e. The van der Waals surface area contributed by atoms with Crippen LogP contribution in [0.4, 0.5) is 0 Å². The van der Waals surface area contributed by atoms with Crippen LogP contribution in [0, 0.1) is 6.07 Å². The summed E-state index contributed by atoms with van der Waals surface area (Å²) in [6.07, 6.45) is 0. The molecule has 0 atom stereocenters. The standard InChI is InChI=1S/C8H11N2/c9-5-7-1-2-8(6-10)4-3-7/h1-3H,5-6,9-10H2. The predicted molar refractivity (Wildman–Crippen MR) is 41.1 cm³/mol. The van der Waals surface area contributed by atoms with E-state index in [1.165, 1.54) is 0 Å². The fraction of sp³-hybridized carbons (Fsp3) is 0.250. The van der Waals surface area contributed by atoms with Crippen LogP contribution in [0.15, 0.2) is 18.2 Å². The van der Waals surface area contributed by atoms with Crippen molar-refractivity contribution in [2.75, 3.05) is 0 Å². The summed E-state index contributed by atoms with van der Waals surface area (Å²) >= 11 is 0. The number of benzene rings is 1. The fourth-order valence-electron chi connectivity index (χ4n) is 0.743. The topological polar surface area (TPSA) is 52.0 Å². The van der Waals surface area contributed by atoms with E-state index in [0.29, 0.717) is 13.1 Å². The van der Waals surface area contributed by atoms with Gasteiger partial charge in [0.25, 0.3) is 0 Å². The Morgan fingerprint density at radius 2 is 2.00 bits per heavy atom. The SMILES string of the molecule is NCc1[c]cc(CN)cc1. The normalized spacial score (nSPS) is 9.80. The molecule has 0 heterocycles. The van der Waals surface area contributed by atoms with E-state index in [1.54, 1.807) is 0 Å². The zero-order valence-electron chi connectivity index (χ0n) is 5.80. The molecule has 0 aliphatic carbocycles. The Balaban J connectivity index is 2.80. The van der Waals surface area contributed by atoms with Gasteiger partial charge in [-0.3, -0.25) is 0 Å². The monoisotopic (exact) mass is 135 g/mol. The third-order valence-corrected chi connectivity index (χ3v) is 1.40. The van der Waals surface area contributed by atoms with E-state index in [1.807, 2.05) is 18.2 Å². The first kappa shape index (κ1) is 7.25. The highest BCUT2D eigenvalue weighted by Gasteiger charge is 1.89. The molecule has 53 valence electrons. The van der Waals surface area contributed by atoms with Crippen LogP contribution in [0.2, 0.25) is 0 Å². The molecular weight excluding hydrogens is 124 g/mol. The summed E-state index contributed by atoms with van der Waals surface area (Å²) in [5.41, 5.74) is 12.9. The van der Waals surface area contributed by atoms with E-state index < -0.39 is 0 Å². The van der Waals surface area contributed by atoms with Crippen LogP contribution in [-0.4, -0.2) is 0 Å². The van der Waals surface area contributed by atoms with Crippen molar-refractivity contribution >= 4 is 0 Å². The van der Waals surface area contributed by atoms with Crippen molar-refractivity contribution < 1.29 is 0 Å². The predicted octanol–water partition coefficient (Wildman–Crippen LogP) is 0.404.